The van der Waals surface area contributed by atoms with Crippen LogP contribution in [0.3, 0.4) is 0 Å². The lowest BCUT2D eigenvalue weighted by Gasteiger charge is -2.10. The van der Waals surface area contributed by atoms with Crippen LogP contribution in [-0.2, 0) is 17.9 Å². The fraction of sp³-hybridized carbons (Fsp3) is 0.214. The average Bonchev–Trinajstić information content (AvgIpc) is 3.19. The van der Waals surface area contributed by atoms with E-state index in [9.17, 15) is 4.79 Å². The van der Waals surface area contributed by atoms with E-state index in [1.807, 2.05) is 42.5 Å². The predicted octanol–water partition coefficient (Wildman–Crippen LogP) is 5.51. The summed E-state index contributed by atoms with van der Waals surface area (Å²) < 4.78 is 7.76. The fourth-order valence-corrected chi connectivity index (χ4v) is 3.60. The van der Waals surface area contributed by atoms with E-state index in [2.05, 4.69) is 54.1 Å². The first kappa shape index (κ1) is 22.3. The van der Waals surface area contributed by atoms with Gasteiger partial charge in [0, 0.05) is 12.6 Å². The van der Waals surface area contributed by atoms with Crippen molar-refractivity contribution in [1.82, 2.24) is 14.9 Å². The molecule has 5 heteroatoms. The molecule has 0 atom stereocenters. The van der Waals surface area contributed by atoms with Crippen LogP contribution in [0.15, 0.2) is 78.9 Å². The summed E-state index contributed by atoms with van der Waals surface area (Å²) >= 11 is 0. The average molecular weight is 440 g/mol. The lowest BCUT2D eigenvalue weighted by atomic mass is 10.1. The van der Waals surface area contributed by atoms with Crippen LogP contribution < -0.4 is 10.1 Å². The predicted molar refractivity (Wildman–Crippen MR) is 133 cm³/mol. The SMILES string of the molecule is CCCOc1ccc(/C=C/C(=O)NCc2nc3ccccc3n2Cc2ccc(C)cc2)cc1. The number of rotatable bonds is 9. The highest BCUT2D eigenvalue weighted by atomic mass is 16.5. The van der Waals surface area contributed by atoms with Gasteiger partial charge in [0.25, 0.3) is 0 Å². The molecule has 0 saturated carbocycles. The molecule has 4 aromatic rings. The molecular weight excluding hydrogens is 410 g/mol. The number of hydrogen-bond donors (Lipinski definition) is 1. The third-order valence-corrected chi connectivity index (χ3v) is 5.40. The molecule has 0 saturated heterocycles. The largest absolute Gasteiger partial charge is 0.494 e. The Morgan fingerprint density at radius 2 is 1.79 bits per heavy atom. The molecule has 0 unspecified atom stereocenters. The highest BCUT2D eigenvalue weighted by Crippen LogP contribution is 2.18. The molecule has 0 spiro atoms. The van der Waals surface area contributed by atoms with Crippen molar-refractivity contribution in [3.63, 3.8) is 0 Å². The van der Waals surface area contributed by atoms with Gasteiger partial charge in [0.1, 0.15) is 11.6 Å². The molecule has 0 aliphatic rings. The lowest BCUT2D eigenvalue weighted by Crippen LogP contribution is -2.23. The molecule has 0 fully saturated rings. The Balaban J connectivity index is 1.43. The van der Waals surface area contributed by atoms with Crippen molar-refractivity contribution < 1.29 is 9.53 Å². The van der Waals surface area contributed by atoms with Gasteiger partial charge in [0.15, 0.2) is 0 Å². The van der Waals surface area contributed by atoms with Gasteiger partial charge in [-0.3, -0.25) is 4.79 Å². The minimum absolute atomic E-state index is 0.157. The minimum atomic E-state index is -0.157. The summed E-state index contributed by atoms with van der Waals surface area (Å²) in [7, 11) is 0. The van der Waals surface area contributed by atoms with Gasteiger partial charge >= 0.3 is 0 Å². The zero-order valence-electron chi connectivity index (χ0n) is 19.1. The summed E-state index contributed by atoms with van der Waals surface area (Å²) in [6, 6.07) is 24.3. The number of aryl methyl sites for hydroxylation is 1. The molecule has 0 aliphatic heterocycles. The van der Waals surface area contributed by atoms with Crippen molar-refractivity contribution in [1.29, 1.82) is 0 Å². The maximum Gasteiger partial charge on any atom is 0.244 e. The van der Waals surface area contributed by atoms with Crippen LogP contribution >= 0.6 is 0 Å². The van der Waals surface area contributed by atoms with Gasteiger partial charge in [0.2, 0.25) is 5.91 Å². The van der Waals surface area contributed by atoms with Gasteiger partial charge < -0.3 is 14.6 Å². The van der Waals surface area contributed by atoms with Gasteiger partial charge in [-0.15, -0.1) is 0 Å². The molecule has 0 aliphatic carbocycles. The van der Waals surface area contributed by atoms with E-state index in [0.29, 0.717) is 19.7 Å². The van der Waals surface area contributed by atoms with Gasteiger partial charge in [0.05, 0.1) is 24.2 Å². The summed E-state index contributed by atoms with van der Waals surface area (Å²) in [5.74, 6) is 1.51. The van der Waals surface area contributed by atoms with Gasteiger partial charge in [-0.25, -0.2) is 4.98 Å². The number of ether oxygens (including phenoxy) is 1. The molecule has 4 rings (SSSR count). The third kappa shape index (κ3) is 5.89. The molecule has 1 amide bonds. The second-order valence-electron chi connectivity index (χ2n) is 8.06. The number of benzene rings is 3. The summed E-state index contributed by atoms with van der Waals surface area (Å²) in [6.07, 6.45) is 4.32. The highest BCUT2D eigenvalue weighted by molar-refractivity contribution is 5.91. The van der Waals surface area contributed by atoms with E-state index in [4.69, 9.17) is 9.72 Å². The second kappa shape index (κ2) is 10.6. The number of carbonyl (C=O) groups is 1. The smallest absolute Gasteiger partial charge is 0.244 e. The standard InChI is InChI=1S/C28H29N3O2/c1-3-18-33-24-15-12-22(13-16-24)14-17-28(32)29-19-27-30-25-6-4-5-7-26(25)31(27)20-23-10-8-21(2)9-11-23/h4-17H,3,18-20H2,1-2H3,(H,29,32)/b17-14+. The molecule has 33 heavy (non-hydrogen) atoms. The summed E-state index contributed by atoms with van der Waals surface area (Å²) in [5, 5.41) is 2.97. The zero-order valence-corrected chi connectivity index (χ0v) is 19.1. The first-order valence-electron chi connectivity index (χ1n) is 11.3. The number of imidazole rings is 1. The lowest BCUT2D eigenvalue weighted by molar-refractivity contribution is -0.116. The van der Waals surface area contributed by atoms with Crippen LogP contribution in [0, 0.1) is 6.92 Å². The van der Waals surface area contributed by atoms with Crippen molar-refractivity contribution in [3.05, 3.63) is 101 Å². The molecule has 0 radical (unpaired) electrons. The number of hydrogen-bond acceptors (Lipinski definition) is 3. The summed E-state index contributed by atoms with van der Waals surface area (Å²) in [5.41, 5.74) is 5.36. The molecule has 1 heterocycles. The Labute approximate surface area is 194 Å². The van der Waals surface area contributed by atoms with Crippen LogP contribution in [0.1, 0.15) is 35.9 Å². The Hall–Kier alpha value is -3.86. The van der Waals surface area contributed by atoms with Crippen molar-refractivity contribution >= 4 is 23.0 Å². The van der Waals surface area contributed by atoms with E-state index in [0.717, 1.165) is 34.6 Å². The van der Waals surface area contributed by atoms with Crippen molar-refractivity contribution in [2.24, 2.45) is 0 Å². The number of para-hydroxylation sites is 2. The van der Waals surface area contributed by atoms with Crippen LogP contribution in [0.25, 0.3) is 17.1 Å². The summed E-state index contributed by atoms with van der Waals surface area (Å²) in [4.78, 5) is 17.2. The number of fused-ring (bicyclic) bond motifs is 1. The number of nitrogens with zero attached hydrogens (tertiary/aromatic N) is 2. The molecular formula is C28H29N3O2. The molecule has 0 bridgehead atoms. The maximum atomic E-state index is 12.5. The number of aromatic nitrogens is 2. The Bertz CT molecular complexity index is 1240. The van der Waals surface area contributed by atoms with Crippen LogP contribution in [-0.4, -0.2) is 22.1 Å². The topological polar surface area (TPSA) is 56.1 Å². The minimum Gasteiger partial charge on any atom is -0.494 e. The monoisotopic (exact) mass is 439 g/mol. The van der Waals surface area contributed by atoms with E-state index < -0.39 is 0 Å². The first-order chi connectivity index (χ1) is 16.1. The fourth-order valence-electron chi connectivity index (χ4n) is 3.60. The normalized spacial score (nSPS) is 11.2. The van der Waals surface area contributed by atoms with Crippen molar-refractivity contribution in [2.75, 3.05) is 6.61 Å². The molecule has 1 N–H and O–H groups in total. The number of amides is 1. The van der Waals surface area contributed by atoms with E-state index in [1.54, 1.807) is 12.2 Å². The van der Waals surface area contributed by atoms with Gasteiger partial charge in [-0.2, -0.15) is 0 Å². The number of carbonyl (C=O) groups excluding carboxylic acids is 1. The Morgan fingerprint density at radius 3 is 2.55 bits per heavy atom. The first-order valence-corrected chi connectivity index (χ1v) is 11.3. The Kier molecular flexibility index (Phi) is 7.20. The summed E-state index contributed by atoms with van der Waals surface area (Å²) in [6.45, 7) is 5.92. The van der Waals surface area contributed by atoms with E-state index >= 15 is 0 Å². The molecule has 5 nitrogen and oxygen atoms in total. The molecule has 168 valence electrons. The van der Waals surface area contributed by atoms with Crippen LogP contribution in [0.5, 0.6) is 5.75 Å². The maximum absolute atomic E-state index is 12.5. The van der Waals surface area contributed by atoms with Gasteiger partial charge in [-0.05, 0) is 54.8 Å². The third-order valence-electron chi connectivity index (χ3n) is 5.40. The van der Waals surface area contributed by atoms with E-state index in [1.165, 1.54) is 11.1 Å². The molecule has 3 aromatic carbocycles. The quantitative estimate of drug-likeness (QED) is 0.350. The zero-order chi connectivity index (χ0) is 23.0. The second-order valence-corrected chi connectivity index (χ2v) is 8.06. The van der Waals surface area contributed by atoms with Gasteiger partial charge in [-0.1, -0.05) is 61.0 Å². The van der Waals surface area contributed by atoms with Crippen molar-refractivity contribution in [2.45, 2.75) is 33.4 Å². The van der Waals surface area contributed by atoms with E-state index in [-0.39, 0.29) is 5.91 Å². The molecule has 1 aromatic heterocycles. The van der Waals surface area contributed by atoms with Crippen LogP contribution in [0.2, 0.25) is 0 Å². The number of nitrogens with one attached hydrogen (secondary N) is 1. The highest BCUT2D eigenvalue weighted by Gasteiger charge is 2.11. The Morgan fingerprint density at radius 1 is 1.03 bits per heavy atom. The van der Waals surface area contributed by atoms with Crippen LogP contribution in [0.4, 0.5) is 0 Å². The van der Waals surface area contributed by atoms with Crippen molar-refractivity contribution in [3.8, 4) is 5.75 Å².